The maximum absolute atomic E-state index is 14.8. The lowest BCUT2D eigenvalue weighted by Crippen LogP contribution is -2.48. The third-order valence-electron chi connectivity index (χ3n) is 5.73. The summed E-state index contributed by atoms with van der Waals surface area (Å²) in [5.74, 6) is -6.44. The van der Waals surface area contributed by atoms with Crippen LogP contribution in [0.2, 0.25) is 0 Å². The van der Waals surface area contributed by atoms with E-state index in [2.05, 4.69) is 20.3 Å². The van der Waals surface area contributed by atoms with Crippen LogP contribution in [0, 0.1) is 11.7 Å². The van der Waals surface area contributed by atoms with Crippen LogP contribution in [0.1, 0.15) is 34.6 Å². The van der Waals surface area contributed by atoms with Gasteiger partial charge in [-0.25, -0.2) is 32.5 Å². The van der Waals surface area contributed by atoms with Crippen LogP contribution in [-0.2, 0) is 16.5 Å². The molecule has 0 radical (unpaired) electrons. The molecule has 3 N–H and O–H groups in total. The van der Waals surface area contributed by atoms with Gasteiger partial charge in [-0.15, -0.1) is 0 Å². The van der Waals surface area contributed by atoms with E-state index < -0.39 is 83.9 Å². The van der Waals surface area contributed by atoms with Gasteiger partial charge in [0.1, 0.15) is 29.8 Å². The number of fused-ring (bicyclic) bond motifs is 1. The van der Waals surface area contributed by atoms with E-state index in [4.69, 9.17) is 10.5 Å². The normalized spacial score (nSPS) is 25.8. The van der Waals surface area contributed by atoms with E-state index in [-0.39, 0.29) is 5.69 Å². The van der Waals surface area contributed by atoms with Gasteiger partial charge in [0.25, 0.3) is 17.9 Å². The largest absolute Gasteiger partial charge is 0.461 e. The van der Waals surface area contributed by atoms with Gasteiger partial charge in [0.15, 0.2) is 5.69 Å². The SMILES string of the molecule is NC1=N[C@](CF)(c2cc(NC(=O)c3cnc(C(F)(F)F)cn3)ccc2F)[C@H]2CC(F)(F)C[C@H]2O1. The Hall–Kier alpha value is -3.45. The predicted octanol–water partition coefficient (Wildman–Crippen LogP) is 3.81. The summed E-state index contributed by atoms with van der Waals surface area (Å²) in [6.07, 6.45) is -6.57. The number of carbonyl (C=O) groups is 1. The molecule has 1 aromatic heterocycles. The molecule has 182 valence electrons. The van der Waals surface area contributed by atoms with E-state index in [1.54, 1.807) is 0 Å². The summed E-state index contributed by atoms with van der Waals surface area (Å²) in [6, 6.07) is 2.38. The lowest BCUT2D eigenvalue weighted by Gasteiger charge is -2.40. The Labute approximate surface area is 187 Å². The molecular formula is C20H16F7N5O2. The smallest absolute Gasteiger partial charge is 0.434 e. The predicted molar refractivity (Wildman–Crippen MR) is 103 cm³/mol. The summed E-state index contributed by atoms with van der Waals surface area (Å²) in [7, 11) is 0. The van der Waals surface area contributed by atoms with E-state index in [0.717, 1.165) is 18.2 Å². The fourth-order valence-corrected chi connectivity index (χ4v) is 4.22. The number of alkyl halides is 6. The number of amides is 1. The fraction of sp³-hybridized carbons (Fsp3) is 0.400. The van der Waals surface area contributed by atoms with Gasteiger partial charge >= 0.3 is 6.18 Å². The van der Waals surface area contributed by atoms with Crippen molar-refractivity contribution in [3.8, 4) is 0 Å². The lowest BCUT2D eigenvalue weighted by atomic mass is 9.76. The van der Waals surface area contributed by atoms with E-state index in [1.807, 2.05) is 0 Å². The number of carbonyl (C=O) groups excluding carboxylic acids is 1. The second kappa shape index (κ2) is 8.09. The van der Waals surface area contributed by atoms with Crippen LogP contribution in [-0.4, -0.2) is 40.6 Å². The van der Waals surface area contributed by atoms with Crippen molar-refractivity contribution >= 4 is 17.6 Å². The van der Waals surface area contributed by atoms with Crippen molar-refractivity contribution in [1.29, 1.82) is 0 Å². The summed E-state index contributed by atoms with van der Waals surface area (Å²) in [5, 5.41) is 2.28. The molecule has 0 bridgehead atoms. The minimum Gasteiger partial charge on any atom is -0.461 e. The van der Waals surface area contributed by atoms with Crippen LogP contribution in [0.3, 0.4) is 0 Å². The van der Waals surface area contributed by atoms with Crippen LogP contribution in [0.5, 0.6) is 0 Å². The van der Waals surface area contributed by atoms with Gasteiger partial charge in [-0.3, -0.25) is 4.79 Å². The van der Waals surface area contributed by atoms with Crippen molar-refractivity contribution in [2.45, 2.75) is 36.6 Å². The number of nitrogens with one attached hydrogen (secondary N) is 1. The van der Waals surface area contributed by atoms with Crippen LogP contribution in [0.25, 0.3) is 0 Å². The molecule has 0 unspecified atom stereocenters. The van der Waals surface area contributed by atoms with Crippen molar-refractivity contribution in [1.82, 2.24) is 9.97 Å². The van der Waals surface area contributed by atoms with Crippen molar-refractivity contribution in [3.63, 3.8) is 0 Å². The van der Waals surface area contributed by atoms with Gasteiger partial charge in [-0.1, -0.05) is 0 Å². The molecule has 1 aliphatic heterocycles. The van der Waals surface area contributed by atoms with E-state index >= 15 is 0 Å². The molecule has 0 spiro atoms. The molecule has 7 nitrogen and oxygen atoms in total. The van der Waals surface area contributed by atoms with Crippen molar-refractivity contribution in [2.75, 3.05) is 12.0 Å². The van der Waals surface area contributed by atoms with Crippen molar-refractivity contribution in [2.24, 2.45) is 16.6 Å². The van der Waals surface area contributed by atoms with E-state index in [9.17, 15) is 35.5 Å². The van der Waals surface area contributed by atoms with Gasteiger partial charge in [0, 0.05) is 30.0 Å². The number of anilines is 1. The number of nitrogens with zero attached hydrogens (tertiary/aromatic N) is 3. The number of halogens is 7. The Balaban J connectivity index is 1.66. The Bertz CT molecular complexity index is 1140. The molecule has 34 heavy (non-hydrogen) atoms. The molecule has 2 heterocycles. The minimum atomic E-state index is -4.75. The topological polar surface area (TPSA) is 102 Å². The van der Waals surface area contributed by atoms with Gasteiger partial charge in [-0.05, 0) is 18.2 Å². The molecule has 14 heteroatoms. The van der Waals surface area contributed by atoms with E-state index in [1.165, 1.54) is 0 Å². The molecular weight excluding hydrogens is 475 g/mol. The third kappa shape index (κ3) is 4.23. The number of hydrogen-bond acceptors (Lipinski definition) is 6. The monoisotopic (exact) mass is 491 g/mol. The summed E-state index contributed by atoms with van der Waals surface area (Å²) in [5.41, 5.74) is 1.11. The highest BCUT2D eigenvalue weighted by Gasteiger charge is 2.60. The number of amidine groups is 1. The number of rotatable bonds is 4. The molecule has 3 atom stereocenters. The first-order valence-electron chi connectivity index (χ1n) is 9.81. The molecule has 1 amide bonds. The Morgan fingerprint density at radius 1 is 1.21 bits per heavy atom. The lowest BCUT2D eigenvalue weighted by molar-refractivity contribution is -0.141. The number of ether oxygens (including phenoxy) is 1. The zero-order valence-electron chi connectivity index (χ0n) is 17.0. The maximum Gasteiger partial charge on any atom is 0.434 e. The number of aliphatic imine (C=N–C) groups is 1. The summed E-state index contributed by atoms with van der Waals surface area (Å²) < 4.78 is 100. The number of nitrogens with two attached hydrogens (primary N) is 1. The van der Waals surface area contributed by atoms with Gasteiger partial charge in [-0.2, -0.15) is 13.2 Å². The molecule has 1 aliphatic carbocycles. The van der Waals surface area contributed by atoms with E-state index in [0.29, 0.717) is 12.4 Å². The summed E-state index contributed by atoms with van der Waals surface area (Å²) in [6.45, 7) is -1.38. The first kappa shape index (κ1) is 23.7. The Morgan fingerprint density at radius 3 is 2.56 bits per heavy atom. The summed E-state index contributed by atoms with van der Waals surface area (Å²) >= 11 is 0. The first-order chi connectivity index (χ1) is 15.8. The zero-order chi connectivity index (χ0) is 24.9. The second-order valence-corrected chi connectivity index (χ2v) is 7.97. The van der Waals surface area contributed by atoms with Gasteiger partial charge in [0.05, 0.1) is 12.4 Å². The molecule has 2 aromatic rings. The van der Waals surface area contributed by atoms with Crippen LogP contribution in [0.15, 0.2) is 35.6 Å². The number of benzene rings is 1. The number of aromatic nitrogens is 2. The third-order valence-corrected chi connectivity index (χ3v) is 5.73. The molecule has 1 aromatic carbocycles. The first-order valence-corrected chi connectivity index (χ1v) is 9.81. The molecule has 1 saturated carbocycles. The maximum atomic E-state index is 14.8. The fourth-order valence-electron chi connectivity index (χ4n) is 4.22. The van der Waals surface area contributed by atoms with Crippen molar-refractivity contribution in [3.05, 3.63) is 53.4 Å². The molecule has 2 aliphatic rings. The van der Waals surface area contributed by atoms with Gasteiger partial charge < -0.3 is 15.8 Å². The highest BCUT2D eigenvalue weighted by Crippen LogP contribution is 2.53. The van der Waals surface area contributed by atoms with Crippen LogP contribution >= 0.6 is 0 Å². The highest BCUT2D eigenvalue weighted by atomic mass is 19.4. The van der Waals surface area contributed by atoms with Gasteiger partial charge in [0.2, 0.25) is 0 Å². The standard InChI is InChI=1S/C20H16F7N5O2/c21-8-19(11-4-18(23,24)5-14(11)34-17(28)32-19)10-3-9(1-2-12(10)22)31-16(33)13-6-30-15(7-29-13)20(25,26)27/h1-3,6-7,11,14H,4-5,8H2,(H2,28,32)(H,31,33)/t11-,14+,19+/m0/s1. The number of hydrogen-bond donors (Lipinski definition) is 2. The summed E-state index contributed by atoms with van der Waals surface area (Å²) in [4.78, 5) is 22.8. The minimum absolute atomic E-state index is 0.113. The average Bonchev–Trinajstić information content (AvgIpc) is 3.08. The quantitative estimate of drug-likeness (QED) is 0.634. The zero-order valence-corrected chi connectivity index (χ0v) is 17.0. The molecule has 1 fully saturated rings. The Kier molecular flexibility index (Phi) is 5.64. The average molecular weight is 491 g/mol. The Morgan fingerprint density at radius 2 is 1.94 bits per heavy atom. The van der Waals surface area contributed by atoms with Crippen molar-refractivity contribution < 1.29 is 40.3 Å². The molecule has 0 saturated heterocycles. The highest BCUT2D eigenvalue weighted by molar-refractivity contribution is 6.02. The second-order valence-electron chi connectivity index (χ2n) is 7.97. The molecule has 4 rings (SSSR count). The van der Waals surface area contributed by atoms with Crippen LogP contribution in [0.4, 0.5) is 36.4 Å². The van der Waals surface area contributed by atoms with Crippen LogP contribution < -0.4 is 11.1 Å².